The summed E-state index contributed by atoms with van der Waals surface area (Å²) >= 11 is 0. The third-order valence-corrected chi connectivity index (χ3v) is 3.60. The highest BCUT2D eigenvalue weighted by molar-refractivity contribution is 5.94. The molecule has 0 fully saturated rings. The third kappa shape index (κ3) is 4.18. The average Bonchev–Trinajstić information content (AvgIpc) is 2.57. The monoisotopic (exact) mass is 354 g/mol. The average molecular weight is 354 g/mol. The molecule has 0 aliphatic carbocycles. The molecule has 0 unspecified atom stereocenters. The first-order valence-corrected chi connectivity index (χ1v) is 7.86. The lowest BCUT2D eigenvalue weighted by Gasteiger charge is -2.11. The van der Waals surface area contributed by atoms with Gasteiger partial charge in [-0.3, -0.25) is 4.79 Å². The smallest absolute Gasteiger partial charge is 0.159 e. The number of nitrogens with zero attached hydrogens (tertiary/aromatic N) is 2. The molecule has 0 saturated heterocycles. The highest BCUT2D eigenvalue weighted by Crippen LogP contribution is 2.23. The molecule has 0 spiro atoms. The van der Waals surface area contributed by atoms with Crippen LogP contribution in [-0.4, -0.2) is 15.8 Å². The van der Waals surface area contributed by atoms with Crippen molar-refractivity contribution in [2.75, 3.05) is 10.6 Å². The van der Waals surface area contributed by atoms with Gasteiger partial charge in [0.1, 0.15) is 29.1 Å². The minimum absolute atomic E-state index is 0.0118. The number of ketones is 1. The van der Waals surface area contributed by atoms with E-state index in [2.05, 4.69) is 20.6 Å². The first-order valence-electron chi connectivity index (χ1n) is 7.86. The summed E-state index contributed by atoms with van der Waals surface area (Å²) in [6.07, 6.45) is 0. The number of rotatable bonds is 5. The van der Waals surface area contributed by atoms with Crippen molar-refractivity contribution in [3.05, 3.63) is 71.6 Å². The van der Waals surface area contributed by atoms with Crippen molar-refractivity contribution in [1.82, 2.24) is 9.97 Å². The van der Waals surface area contributed by atoms with Crippen molar-refractivity contribution < 1.29 is 13.6 Å². The van der Waals surface area contributed by atoms with Crippen LogP contribution in [0.3, 0.4) is 0 Å². The molecular formula is C19H16F2N4O. The molecule has 1 heterocycles. The molecule has 0 aliphatic rings. The number of aryl methyl sites for hydroxylation is 1. The maximum Gasteiger partial charge on any atom is 0.159 e. The number of hydrogen-bond donors (Lipinski definition) is 2. The van der Waals surface area contributed by atoms with Crippen LogP contribution in [0.2, 0.25) is 0 Å². The van der Waals surface area contributed by atoms with Crippen LogP contribution in [0.5, 0.6) is 0 Å². The predicted molar refractivity (Wildman–Crippen MR) is 96.1 cm³/mol. The van der Waals surface area contributed by atoms with E-state index in [0.29, 0.717) is 23.0 Å². The van der Waals surface area contributed by atoms with Crippen molar-refractivity contribution in [3.63, 3.8) is 0 Å². The lowest BCUT2D eigenvalue weighted by atomic mass is 10.1. The molecule has 1 aromatic heterocycles. The van der Waals surface area contributed by atoms with E-state index >= 15 is 0 Å². The van der Waals surface area contributed by atoms with Crippen molar-refractivity contribution in [3.8, 4) is 0 Å². The maximum atomic E-state index is 13.8. The van der Waals surface area contributed by atoms with E-state index in [1.807, 2.05) is 0 Å². The van der Waals surface area contributed by atoms with Gasteiger partial charge in [-0.05, 0) is 50.2 Å². The van der Waals surface area contributed by atoms with Gasteiger partial charge in [-0.1, -0.05) is 0 Å². The van der Waals surface area contributed by atoms with Crippen molar-refractivity contribution in [2.45, 2.75) is 13.8 Å². The molecule has 0 saturated carbocycles. The Morgan fingerprint density at radius 3 is 2.19 bits per heavy atom. The van der Waals surface area contributed by atoms with Gasteiger partial charge in [-0.25, -0.2) is 18.7 Å². The van der Waals surface area contributed by atoms with E-state index in [9.17, 15) is 13.6 Å². The second-order valence-corrected chi connectivity index (χ2v) is 5.69. The van der Waals surface area contributed by atoms with Gasteiger partial charge in [0.25, 0.3) is 0 Å². The minimum atomic E-state index is -0.712. The van der Waals surface area contributed by atoms with Gasteiger partial charge < -0.3 is 10.6 Å². The predicted octanol–water partition coefficient (Wildman–Crippen LogP) is 4.75. The Morgan fingerprint density at radius 2 is 1.58 bits per heavy atom. The molecule has 0 atom stereocenters. The Kier molecular flexibility index (Phi) is 4.88. The summed E-state index contributed by atoms with van der Waals surface area (Å²) in [4.78, 5) is 19.8. The summed E-state index contributed by atoms with van der Waals surface area (Å²) in [5, 5.41) is 5.92. The maximum absolute atomic E-state index is 13.8. The molecule has 2 N–H and O–H groups in total. The number of carbonyl (C=O) groups is 1. The summed E-state index contributed by atoms with van der Waals surface area (Å²) in [7, 11) is 0. The summed E-state index contributed by atoms with van der Waals surface area (Å²) in [6, 6.07) is 11.8. The van der Waals surface area contributed by atoms with Crippen LogP contribution in [0.1, 0.15) is 23.1 Å². The van der Waals surface area contributed by atoms with E-state index in [1.54, 1.807) is 37.3 Å². The highest BCUT2D eigenvalue weighted by atomic mass is 19.1. The summed E-state index contributed by atoms with van der Waals surface area (Å²) in [5.74, 6) is -0.0366. The molecule has 5 nitrogen and oxygen atoms in total. The molecule has 0 radical (unpaired) electrons. The van der Waals surface area contributed by atoms with E-state index in [1.165, 1.54) is 13.0 Å². The van der Waals surface area contributed by atoms with Crippen LogP contribution in [0, 0.1) is 18.6 Å². The Hall–Kier alpha value is -3.35. The van der Waals surface area contributed by atoms with Crippen LogP contribution in [0.15, 0.2) is 48.5 Å². The summed E-state index contributed by atoms with van der Waals surface area (Å²) in [6.45, 7) is 3.21. The summed E-state index contributed by atoms with van der Waals surface area (Å²) < 4.78 is 26.8. The molecule has 2 aromatic carbocycles. The normalized spacial score (nSPS) is 10.5. The zero-order valence-electron chi connectivity index (χ0n) is 14.2. The van der Waals surface area contributed by atoms with Gasteiger partial charge in [0.2, 0.25) is 0 Å². The topological polar surface area (TPSA) is 66.9 Å². The van der Waals surface area contributed by atoms with Crippen LogP contribution in [-0.2, 0) is 0 Å². The van der Waals surface area contributed by atoms with Gasteiger partial charge in [-0.2, -0.15) is 0 Å². The SMILES string of the molecule is CC(=O)c1ccc(Nc2cc(Nc3ccc(F)cc3F)nc(C)n2)cc1. The van der Waals surface area contributed by atoms with E-state index in [4.69, 9.17) is 0 Å². The van der Waals surface area contributed by atoms with Gasteiger partial charge in [-0.15, -0.1) is 0 Å². The quantitative estimate of drug-likeness (QED) is 0.647. The Labute approximate surface area is 149 Å². The first kappa shape index (κ1) is 17.5. The first-order chi connectivity index (χ1) is 12.4. The van der Waals surface area contributed by atoms with Crippen molar-refractivity contribution in [1.29, 1.82) is 0 Å². The zero-order chi connectivity index (χ0) is 18.7. The number of nitrogens with one attached hydrogen (secondary N) is 2. The molecule has 0 bridgehead atoms. The van der Waals surface area contributed by atoms with E-state index in [0.717, 1.165) is 17.8 Å². The zero-order valence-corrected chi connectivity index (χ0v) is 14.2. The highest BCUT2D eigenvalue weighted by Gasteiger charge is 2.08. The molecular weight excluding hydrogens is 338 g/mol. The number of hydrogen-bond acceptors (Lipinski definition) is 5. The Morgan fingerprint density at radius 1 is 0.923 bits per heavy atom. The fourth-order valence-corrected chi connectivity index (χ4v) is 2.36. The largest absolute Gasteiger partial charge is 0.340 e. The number of halogens is 2. The molecule has 0 aliphatic heterocycles. The third-order valence-electron chi connectivity index (χ3n) is 3.60. The lowest BCUT2D eigenvalue weighted by molar-refractivity contribution is 0.101. The number of Topliss-reactive ketones (excluding diaryl/α,β-unsaturated/α-hetero) is 1. The fourth-order valence-electron chi connectivity index (χ4n) is 2.36. The lowest BCUT2D eigenvalue weighted by Crippen LogP contribution is -2.03. The molecule has 7 heteroatoms. The van der Waals surface area contributed by atoms with E-state index in [-0.39, 0.29) is 11.5 Å². The molecule has 0 amide bonds. The Balaban J connectivity index is 1.82. The number of anilines is 4. The van der Waals surface area contributed by atoms with Gasteiger partial charge in [0.15, 0.2) is 5.78 Å². The second kappa shape index (κ2) is 7.26. The molecule has 3 aromatic rings. The molecule has 132 valence electrons. The van der Waals surface area contributed by atoms with Gasteiger partial charge >= 0.3 is 0 Å². The van der Waals surface area contributed by atoms with Crippen LogP contribution < -0.4 is 10.6 Å². The van der Waals surface area contributed by atoms with Crippen LogP contribution >= 0.6 is 0 Å². The minimum Gasteiger partial charge on any atom is -0.340 e. The Bertz CT molecular complexity index is 958. The van der Waals surface area contributed by atoms with Crippen molar-refractivity contribution >= 4 is 28.8 Å². The van der Waals surface area contributed by atoms with Crippen LogP contribution in [0.4, 0.5) is 31.8 Å². The fraction of sp³-hybridized carbons (Fsp3) is 0.105. The van der Waals surface area contributed by atoms with Crippen molar-refractivity contribution in [2.24, 2.45) is 0 Å². The standard InChI is InChI=1S/C19H16F2N4O/c1-11(26)13-3-6-15(7-4-13)24-18-10-19(23-12(2)22-18)25-17-8-5-14(20)9-16(17)21/h3-10H,1-2H3,(H2,22,23,24,25). The second-order valence-electron chi connectivity index (χ2n) is 5.69. The number of aromatic nitrogens is 2. The molecule has 3 rings (SSSR count). The van der Waals surface area contributed by atoms with Gasteiger partial charge in [0, 0.05) is 23.4 Å². The number of carbonyl (C=O) groups excluding carboxylic acids is 1. The van der Waals surface area contributed by atoms with E-state index < -0.39 is 11.6 Å². The summed E-state index contributed by atoms with van der Waals surface area (Å²) in [5.41, 5.74) is 1.47. The van der Waals surface area contributed by atoms with Crippen LogP contribution in [0.25, 0.3) is 0 Å². The molecule has 26 heavy (non-hydrogen) atoms. The number of benzene rings is 2. The van der Waals surface area contributed by atoms with Gasteiger partial charge in [0.05, 0.1) is 5.69 Å².